The minimum atomic E-state index is -0.297. The van der Waals surface area contributed by atoms with Gasteiger partial charge in [-0.25, -0.2) is 4.39 Å². The van der Waals surface area contributed by atoms with Gasteiger partial charge in [-0.05, 0) is 42.0 Å². The van der Waals surface area contributed by atoms with Crippen molar-refractivity contribution in [2.24, 2.45) is 5.73 Å². The molecular formula is C13H11ClFNO. The molecule has 2 nitrogen and oxygen atoms in total. The molecule has 17 heavy (non-hydrogen) atoms. The third-order valence-corrected chi connectivity index (χ3v) is 2.65. The van der Waals surface area contributed by atoms with Gasteiger partial charge in [-0.2, -0.15) is 0 Å². The second kappa shape index (κ2) is 5.17. The zero-order valence-corrected chi connectivity index (χ0v) is 9.75. The lowest BCUT2D eigenvalue weighted by Gasteiger charge is -2.07. The Kier molecular flexibility index (Phi) is 3.61. The molecule has 2 rings (SSSR count). The van der Waals surface area contributed by atoms with E-state index in [9.17, 15) is 4.39 Å². The highest BCUT2D eigenvalue weighted by atomic mass is 35.5. The van der Waals surface area contributed by atoms with Crippen LogP contribution in [0.15, 0.2) is 42.5 Å². The van der Waals surface area contributed by atoms with Crippen LogP contribution in [0.5, 0.6) is 11.5 Å². The van der Waals surface area contributed by atoms with E-state index in [1.54, 1.807) is 30.3 Å². The van der Waals surface area contributed by atoms with E-state index in [-0.39, 0.29) is 5.82 Å². The van der Waals surface area contributed by atoms with Crippen LogP contribution in [0.25, 0.3) is 0 Å². The fraction of sp³-hybridized carbons (Fsp3) is 0.0769. The van der Waals surface area contributed by atoms with Crippen LogP contribution in [0.4, 0.5) is 4.39 Å². The van der Waals surface area contributed by atoms with Crippen LogP contribution in [0, 0.1) is 5.82 Å². The molecule has 2 N–H and O–H groups in total. The number of hydrogen-bond acceptors (Lipinski definition) is 2. The molecule has 0 fully saturated rings. The Morgan fingerprint density at radius 3 is 2.29 bits per heavy atom. The summed E-state index contributed by atoms with van der Waals surface area (Å²) in [4.78, 5) is 0. The molecule has 2 aromatic carbocycles. The van der Waals surface area contributed by atoms with Crippen LogP contribution in [-0.2, 0) is 6.54 Å². The summed E-state index contributed by atoms with van der Waals surface area (Å²) in [6.07, 6.45) is 0. The predicted molar refractivity (Wildman–Crippen MR) is 65.8 cm³/mol. The van der Waals surface area contributed by atoms with Gasteiger partial charge in [-0.15, -0.1) is 0 Å². The van der Waals surface area contributed by atoms with Crippen molar-refractivity contribution in [3.05, 3.63) is 58.9 Å². The lowest BCUT2D eigenvalue weighted by atomic mass is 10.2. The first-order valence-corrected chi connectivity index (χ1v) is 5.49. The molecule has 0 aliphatic rings. The summed E-state index contributed by atoms with van der Waals surface area (Å²) in [7, 11) is 0. The second-order valence-electron chi connectivity index (χ2n) is 3.51. The minimum Gasteiger partial charge on any atom is -0.457 e. The topological polar surface area (TPSA) is 35.2 Å². The first kappa shape index (κ1) is 11.9. The van der Waals surface area contributed by atoms with Crippen molar-refractivity contribution in [1.82, 2.24) is 0 Å². The van der Waals surface area contributed by atoms with Crippen molar-refractivity contribution in [3.8, 4) is 11.5 Å². The highest BCUT2D eigenvalue weighted by Crippen LogP contribution is 2.26. The first-order chi connectivity index (χ1) is 8.19. The van der Waals surface area contributed by atoms with E-state index in [1.807, 2.05) is 0 Å². The molecule has 4 heteroatoms. The van der Waals surface area contributed by atoms with Crippen LogP contribution < -0.4 is 10.5 Å². The second-order valence-corrected chi connectivity index (χ2v) is 3.92. The molecule has 0 bridgehead atoms. The van der Waals surface area contributed by atoms with Crippen molar-refractivity contribution in [3.63, 3.8) is 0 Å². The predicted octanol–water partition coefficient (Wildman–Crippen LogP) is 3.73. The summed E-state index contributed by atoms with van der Waals surface area (Å²) in [5, 5.41) is 0.562. The molecule has 0 atom stereocenters. The number of halogens is 2. The maximum Gasteiger partial charge on any atom is 0.128 e. The minimum absolute atomic E-state index is 0.297. The summed E-state index contributed by atoms with van der Waals surface area (Å²) >= 11 is 6.00. The van der Waals surface area contributed by atoms with E-state index in [1.165, 1.54) is 12.1 Å². The average Bonchev–Trinajstić information content (AvgIpc) is 2.32. The molecule has 0 aliphatic carbocycles. The Hall–Kier alpha value is -1.58. The average molecular weight is 252 g/mol. The Labute approximate surface area is 104 Å². The molecule has 0 heterocycles. The van der Waals surface area contributed by atoms with E-state index in [4.69, 9.17) is 22.1 Å². The molecule has 0 saturated carbocycles. The summed E-state index contributed by atoms with van der Waals surface area (Å²) < 4.78 is 18.2. The highest BCUT2D eigenvalue weighted by Gasteiger charge is 2.02. The zero-order valence-electron chi connectivity index (χ0n) is 8.99. The van der Waals surface area contributed by atoms with E-state index in [0.717, 1.165) is 5.56 Å². The van der Waals surface area contributed by atoms with Crippen LogP contribution >= 0.6 is 11.6 Å². The van der Waals surface area contributed by atoms with Crippen molar-refractivity contribution >= 4 is 11.6 Å². The Morgan fingerprint density at radius 1 is 1.06 bits per heavy atom. The SMILES string of the molecule is NCc1ccc(Oc2ccc(F)cc2)cc1Cl. The molecule has 2 aromatic rings. The Morgan fingerprint density at radius 2 is 1.71 bits per heavy atom. The monoisotopic (exact) mass is 251 g/mol. The Bertz CT molecular complexity index is 513. The third-order valence-electron chi connectivity index (χ3n) is 2.29. The van der Waals surface area contributed by atoms with Crippen LogP contribution in [-0.4, -0.2) is 0 Å². The molecule has 0 unspecified atom stereocenters. The standard InChI is InChI=1S/C13H11ClFNO/c14-13-7-12(4-1-9(13)8-16)17-11-5-2-10(15)3-6-11/h1-7H,8,16H2. The van der Waals surface area contributed by atoms with Gasteiger partial charge >= 0.3 is 0 Å². The molecule has 0 aromatic heterocycles. The largest absolute Gasteiger partial charge is 0.457 e. The molecule has 88 valence electrons. The van der Waals surface area contributed by atoms with Crippen molar-refractivity contribution in [1.29, 1.82) is 0 Å². The molecular weight excluding hydrogens is 241 g/mol. The smallest absolute Gasteiger partial charge is 0.128 e. The fourth-order valence-corrected chi connectivity index (χ4v) is 1.64. The number of nitrogens with two attached hydrogens (primary N) is 1. The van der Waals surface area contributed by atoms with Crippen molar-refractivity contribution in [2.45, 2.75) is 6.54 Å². The van der Waals surface area contributed by atoms with E-state index in [0.29, 0.717) is 23.1 Å². The van der Waals surface area contributed by atoms with Crippen molar-refractivity contribution < 1.29 is 9.13 Å². The number of rotatable bonds is 3. The van der Waals surface area contributed by atoms with Gasteiger partial charge in [-0.3, -0.25) is 0 Å². The van der Waals surface area contributed by atoms with E-state index >= 15 is 0 Å². The number of ether oxygens (including phenoxy) is 1. The molecule has 0 aliphatic heterocycles. The maximum atomic E-state index is 12.7. The first-order valence-electron chi connectivity index (χ1n) is 5.11. The van der Waals surface area contributed by atoms with Gasteiger partial charge in [-0.1, -0.05) is 17.7 Å². The van der Waals surface area contributed by atoms with Gasteiger partial charge in [0.2, 0.25) is 0 Å². The summed E-state index contributed by atoms with van der Waals surface area (Å²) in [6, 6.07) is 11.1. The van der Waals surface area contributed by atoms with Gasteiger partial charge in [0, 0.05) is 11.6 Å². The van der Waals surface area contributed by atoms with Gasteiger partial charge in [0.25, 0.3) is 0 Å². The van der Waals surface area contributed by atoms with Gasteiger partial charge in [0.15, 0.2) is 0 Å². The molecule has 0 amide bonds. The number of benzene rings is 2. The summed E-state index contributed by atoms with van der Waals surface area (Å²) in [5.74, 6) is 0.857. The third kappa shape index (κ3) is 2.96. The Balaban J connectivity index is 2.19. The lowest BCUT2D eigenvalue weighted by Crippen LogP contribution is -1.97. The normalized spacial score (nSPS) is 10.3. The van der Waals surface area contributed by atoms with Gasteiger partial charge in [0.05, 0.1) is 0 Å². The number of hydrogen-bond donors (Lipinski definition) is 1. The highest BCUT2D eigenvalue weighted by molar-refractivity contribution is 6.31. The van der Waals surface area contributed by atoms with E-state index < -0.39 is 0 Å². The quantitative estimate of drug-likeness (QED) is 0.902. The van der Waals surface area contributed by atoms with Crippen molar-refractivity contribution in [2.75, 3.05) is 0 Å². The fourth-order valence-electron chi connectivity index (χ4n) is 1.40. The van der Waals surface area contributed by atoms with Crippen LogP contribution in [0.3, 0.4) is 0 Å². The van der Waals surface area contributed by atoms with E-state index in [2.05, 4.69) is 0 Å². The maximum absolute atomic E-state index is 12.7. The summed E-state index contributed by atoms with van der Waals surface area (Å²) in [6.45, 7) is 0.385. The van der Waals surface area contributed by atoms with Gasteiger partial charge < -0.3 is 10.5 Å². The summed E-state index contributed by atoms with van der Waals surface area (Å²) in [5.41, 5.74) is 6.36. The van der Waals surface area contributed by atoms with Gasteiger partial charge in [0.1, 0.15) is 17.3 Å². The molecule has 0 spiro atoms. The zero-order chi connectivity index (χ0) is 12.3. The van der Waals surface area contributed by atoms with Crippen LogP contribution in [0.2, 0.25) is 5.02 Å². The molecule has 0 radical (unpaired) electrons. The van der Waals surface area contributed by atoms with Crippen LogP contribution in [0.1, 0.15) is 5.56 Å². The lowest BCUT2D eigenvalue weighted by molar-refractivity contribution is 0.480. The molecule has 0 saturated heterocycles.